The van der Waals surface area contributed by atoms with Crippen LogP contribution in [0.25, 0.3) is 0 Å². The quantitative estimate of drug-likeness (QED) is 0.786. The Labute approximate surface area is 157 Å². The van der Waals surface area contributed by atoms with Crippen LogP contribution in [0.2, 0.25) is 0 Å². The van der Waals surface area contributed by atoms with Gasteiger partial charge in [0.2, 0.25) is 0 Å². The van der Waals surface area contributed by atoms with Crippen LogP contribution in [-0.4, -0.2) is 38.3 Å². The lowest BCUT2D eigenvalue weighted by Gasteiger charge is -2.19. The first kappa shape index (κ1) is 18.6. The van der Waals surface area contributed by atoms with Crippen molar-refractivity contribution in [2.24, 2.45) is 0 Å². The summed E-state index contributed by atoms with van der Waals surface area (Å²) in [5.74, 6) is 0.708. The molecule has 0 saturated carbocycles. The van der Waals surface area contributed by atoms with E-state index in [1.807, 2.05) is 26.0 Å². The van der Waals surface area contributed by atoms with E-state index in [4.69, 9.17) is 18.9 Å². The summed E-state index contributed by atoms with van der Waals surface area (Å²) in [6.07, 6.45) is 0. The second-order valence-corrected chi connectivity index (χ2v) is 6.10. The molecule has 0 saturated heterocycles. The van der Waals surface area contributed by atoms with Gasteiger partial charge >= 0.3 is 5.97 Å². The van der Waals surface area contributed by atoms with Gasteiger partial charge in [0.05, 0.1) is 0 Å². The largest absolute Gasteiger partial charge is 0.486 e. The van der Waals surface area contributed by atoms with Gasteiger partial charge in [0.25, 0.3) is 5.91 Å². The fourth-order valence-electron chi connectivity index (χ4n) is 2.45. The molecule has 0 aromatic heterocycles. The molecule has 0 atom stereocenters. The molecule has 27 heavy (non-hydrogen) atoms. The van der Waals surface area contributed by atoms with E-state index >= 15 is 0 Å². The fourth-order valence-corrected chi connectivity index (χ4v) is 2.45. The topological polar surface area (TPSA) is 83.1 Å². The molecule has 2 aromatic rings. The van der Waals surface area contributed by atoms with Crippen LogP contribution in [0.4, 0.5) is 5.69 Å². The highest BCUT2D eigenvalue weighted by Gasteiger charge is 2.14. The minimum absolute atomic E-state index is 0.264. The average molecular weight is 371 g/mol. The van der Waals surface area contributed by atoms with Gasteiger partial charge in [-0.1, -0.05) is 6.07 Å². The molecule has 1 heterocycles. The molecule has 7 heteroatoms. The molecule has 0 radical (unpaired) electrons. The Morgan fingerprint density at radius 3 is 2.52 bits per heavy atom. The Morgan fingerprint density at radius 2 is 1.74 bits per heavy atom. The number of benzene rings is 2. The van der Waals surface area contributed by atoms with Gasteiger partial charge in [-0.2, -0.15) is 0 Å². The highest BCUT2D eigenvalue weighted by Crippen LogP contribution is 2.32. The zero-order chi connectivity index (χ0) is 19.2. The Hall–Kier alpha value is -3.22. The third-order valence-electron chi connectivity index (χ3n) is 4.03. The number of aryl methyl sites for hydroxylation is 2. The van der Waals surface area contributed by atoms with Crippen molar-refractivity contribution in [3.05, 3.63) is 47.5 Å². The summed E-state index contributed by atoms with van der Waals surface area (Å²) in [7, 11) is 0. The summed E-state index contributed by atoms with van der Waals surface area (Å²) >= 11 is 0. The molecular weight excluding hydrogens is 350 g/mol. The second kappa shape index (κ2) is 8.44. The first-order chi connectivity index (χ1) is 13.0. The van der Waals surface area contributed by atoms with Gasteiger partial charge in [-0.05, 0) is 49.2 Å². The van der Waals surface area contributed by atoms with Crippen LogP contribution in [0.15, 0.2) is 36.4 Å². The molecule has 7 nitrogen and oxygen atoms in total. The first-order valence-electron chi connectivity index (χ1n) is 8.56. The Morgan fingerprint density at radius 1 is 0.963 bits per heavy atom. The van der Waals surface area contributed by atoms with Gasteiger partial charge in [0.1, 0.15) is 19.0 Å². The van der Waals surface area contributed by atoms with Crippen molar-refractivity contribution in [3.8, 4) is 17.2 Å². The van der Waals surface area contributed by atoms with E-state index in [0.717, 1.165) is 11.1 Å². The van der Waals surface area contributed by atoms with E-state index in [-0.39, 0.29) is 6.61 Å². The Balaban J connectivity index is 1.43. The van der Waals surface area contributed by atoms with Gasteiger partial charge in [0, 0.05) is 11.8 Å². The summed E-state index contributed by atoms with van der Waals surface area (Å²) in [4.78, 5) is 23.7. The molecule has 0 unspecified atom stereocenters. The maximum atomic E-state index is 11.9. The molecule has 142 valence electrons. The number of esters is 1. The molecule has 0 bridgehead atoms. The van der Waals surface area contributed by atoms with Gasteiger partial charge in [0.15, 0.2) is 24.7 Å². The van der Waals surface area contributed by atoms with E-state index in [1.165, 1.54) is 0 Å². The molecule has 1 aliphatic heterocycles. The number of ether oxygens (including phenoxy) is 4. The summed E-state index contributed by atoms with van der Waals surface area (Å²) in [5.41, 5.74) is 2.74. The van der Waals surface area contributed by atoms with Crippen LogP contribution >= 0.6 is 0 Å². The maximum absolute atomic E-state index is 11.9. The lowest BCUT2D eigenvalue weighted by Crippen LogP contribution is -2.24. The average Bonchev–Trinajstić information content (AvgIpc) is 2.67. The van der Waals surface area contributed by atoms with Crippen molar-refractivity contribution >= 4 is 17.6 Å². The van der Waals surface area contributed by atoms with Gasteiger partial charge < -0.3 is 24.3 Å². The van der Waals surface area contributed by atoms with Crippen LogP contribution in [-0.2, 0) is 14.3 Å². The smallest absolute Gasteiger partial charge is 0.344 e. The van der Waals surface area contributed by atoms with Crippen molar-refractivity contribution in [3.63, 3.8) is 0 Å². The van der Waals surface area contributed by atoms with E-state index in [2.05, 4.69) is 5.32 Å². The van der Waals surface area contributed by atoms with E-state index < -0.39 is 18.5 Å². The third-order valence-corrected chi connectivity index (χ3v) is 4.03. The molecule has 2 aromatic carbocycles. The van der Waals surface area contributed by atoms with Crippen LogP contribution in [0, 0.1) is 13.8 Å². The minimum atomic E-state index is -0.620. The van der Waals surface area contributed by atoms with Gasteiger partial charge in [-0.3, -0.25) is 4.79 Å². The molecule has 1 N–H and O–H groups in total. The molecule has 1 aliphatic rings. The summed E-state index contributed by atoms with van der Waals surface area (Å²) in [6, 6.07) is 10.6. The molecule has 0 fully saturated rings. The lowest BCUT2D eigenvalue weighted by atomic mass is 10.1. The minimum Gasteiger partial charge on any atom is -0.486 e. The summed E-state index contributed by atoms with van der Waals surface area (Å²) in [5, 5.41) is 2.64. The van der Waals surface area contributed by atoms with Gasteiger partial charge in [-0.25, -0.2) is 4.79 Å². The van der Waals surface area contributed by atoms with Crippen LogP contribution < -0.4 is 19.5 Å². The highest BCUT2D eigenvalue weighted by molar-refractivity contribution is 5.93. The van der Waals surface area contributed by atoms with Crippen molar-refractivity contribution < 1.29 is 28.5 Å². The number of carbonyl (C=O) groups is 2. The number of anilines is 1. The van der Waals surface area contributed by atoms with Gasteiger partial charge in [-0.15, -0.1) is 0 Å². The highest BCUT2D eigenvalue weighted by atomic mass is 16.6. The molecular formula is C20H21NO6. The van der Waals surface area contributed by atoms with Crippen LogP contribution in [0.3, 0.4) is 0 Å². The normalized spacial score (nSPS) is 12.2. The predicted molar refractivity (Wildman–Crippen MR) is 98.4 cm³/mol. The van der Waals surface area contributed by atoms with E-state index in [0.29, 0.717) is 36.1 Å². The summed E-state index contributed by atoms with van der Waals surface area (Å²) in [6.45, 7) is 4.25. The number of hydrogen-bond donors (Lipinski definition) is 1. The molecule has 0 spiro atoms. The van der Waals surface area contributed by atoms with Crippen LogP contribution in [0.1, 0.15) is 11.1 Å². The van der Waals surface area contributed by atoms with Crippen molar-refractivity contribution in [2.45, 2.75) is 13.8 Å². The standard InChI is InChI=1S/C20H21NO6/c1-13-3-5-16(9-14(13)2)26-12-20(23)27-11-19(22)21-15-4-6-17-18(10-15)25-8-7-24-17/h3-6,9-10H,7-8,11-12H2,1-2H3,(H,21,22). The first-order valence-corrected chi connectivity index (χ1v) is 8.56. The fraction of sp³-hybridized carbons (Fsp3) is 0.300. The van der Waals surface area contributed by atoms with Crippen molar-refractivity contribution in [2.75, 3.05) is 31.7 Å². The number of rotatable bonds is 6. The molecule has 3 rings (SSSR count). The van der Waals surface area contributed by atoms with Crippen molar-refractivity contribution in [1.82, 2.24) is 0 Å². The number of nitrogens with one attached hydrogen (secondary N) is 1. The monoisotopic (exact) mass is 371 g/mol. The zero-order valence-electron chi connectivity index (χ0n) is 15.2. The zero-order valence-corrected chi connectivity index (χ0v) is 15.2. The van der Waals surface area contributed by atoms with Crippen molar-refractivity contribution in [1.29, 1.82) is 0 Å². The molecule has 1 amide bonds. The Bertz CT molecular complexity index is 848. The predicted octanol–water partition coefficient (Wildman–Crippen LogP) is 2.64. The summed E-state index contributed by atoms with van der Waals surface area (Å²) < 4.78 is 21.2. The maximum Gasteiger partial charge on any atom is 0.344 e. The van der Waals surface area contributed by atoms with E-state index in [1.54, 1.807) is 24.3 Å². The molecule has 0 aliphatic carbocycles. The Kier molecular flexibility index (Phi) is 5.80. The van der Waals surface area contributed by atoms with E-state index in [9.17, 15) is 9.59 Å². The van der Waals surface area contributed by atoms with Crippen LogP contribution in [0.5, 0.6) is 17.2 Å². The number of hydrogen-bond acceptors (Lipinski definition) is 6. The third kappa shape index (κ3) is 5.13. The number of amides is 1. The second-order valence-electron chi connectivity index (χ2n) is 6.10. The SMILES string of the molecule is Cc1ccc(OCC(=O)OCC(=O)Nc2ccc3c(c2)OCCO3)cc1C. The number of fused-ring (bicyclic) bond motifs is 1. The lowest BCUT2D eigenvalue weighted by molar-refractivity contribution is -0.149. The number of carbonyl (C=O) groups excluding carboxylic acids is 2.